The van der Waals surface area contributed by atoms with E-state index in [0.717, 1.165) is 31.6 Å². The lowest BCUT2D eigenvalue weighted by Gasteiger charge is -2.09. The van der Waals surface area contributed by atoms with Gasteiger partial charge in [0.25, 0.3) is 0 Å². The third-order valence-corrected chi connectivity index (χ3v) is 4.83. The molecule has 112 valence electrons. The first-order valence-corrected chi connectivity index (χ1v) is 8.45. The van der Waals surface area contributed by atoms with Gasteiger partial charge in [0.2, 0.25) is 10.0 Å². The molecule has 1 fully saturated rings. The van der Waals surface area contributed by atoms with Crippen LogP contribution in [0.15, 0.2) is 47.6 Å². The maximum atomic E-state index is 12.0. The van der Waals surface area contributed by atoms with Crippen molar-refractivity contribution in [3.8, 4) is 0 Å². The molecule has 0 radical (unpaired) electrons. The zero-order valence-corrected chi connectivity index (χ0v) is 12.4. The molecule has 0 saturated heterocycles. The SMILES string of the molecule is O=S(=O)(NC1CC1)c1ccc(NCCn2cccn2)cc1. The van der Waals surface area contributed by atoms with E-state index in [2.05, 4.69) is 15.1 Å². The minimum atomic E-state index is -3.36. The van der Waals surface area contributed by atoms with Crippen molar-refractivity contribution in [3.05, 3.63) is 42.7 Å². The van der Waals surface area contributed by atoms with Gasteiger partial charge in [0.05, 0.1) is 11.4 Å². The lowest BCUT2D eigenvalue weighted by atomic mass is 10.3. The average Bonchev–Trinajstić information content (AvgIpc) is 3.11. The summed E-state index contributed by atoms with van der Waals surface area (Å²) in [6.07, 6.45) is 5.52. The molecule has 1 aromatic carbocycles. The van der Waals surface area contributed by atoms with Crippen LogP contribution < -0.4 is 10.0 Å². The normalized spacial score (nSPS) is 15.0. The molecule has 2 N–H and O–H groups in total. The van der Waals surface area contributed by atoms with E-state index in [4.69, 9.17) is 0 Å². The van der Waals surface area contributed by atoms with Gasteiger partial charge in [0.1, 0.15) is 0 Å². The van der Waals surface area contributed by atoms with Crippen LogP contribution in [0.3, 0.4) is 0 Å². The lowest BCUT2D eigenvalue weighted by molar-refractivity contribution is 0.581. The Morgan fingerprint density at radius 1 is 1.24 bits per heavy atom. The van der Waals surface area contributed by atoms with Crippen LogP contribution >= 0.6 is 0 Å². The Hall–Kier alpha value is -1.86. The summed E-state index contributed by atoms with van der Waals surface area (Å²) in [5, 5.41) is 7.36. The summed E-state index contributed by atoms with van der Waals surface area (Å²) in [6, 6.07) is 8.82. The molecule has 1 aromatic heterocycles. The fraction of sp³-hybridized carbons (Fsp3) is 0.357. The Morgan fingerprint density at radius 3 is 2.62 bits per heavy atom. The van der Waals surface area contributed by atoms with Crippen LogP contribution in [0.5, 0.6) is 0 Å². The average molecular weight is 306 g/mol. The third kappa shape index (κ3) is 3.83. The Kier molecular flexibility index (Phi) is 3.94. The highest BCUT2D eigenvalue weighted by atomic mass is 32.2. The van der Waals surface area contributed by atoms with Crippen molar-refractivity contribution < 1.29 is 8.42 Å². The standard InChI is InChI=1S/C14H18N4O2S/c19-21(20,17-13-2-3-13)14-6-4-12(5-7-14)15-9-11-18-10-1-8-16-18/h1,4-8,10,13,15,17H,2-3,9,11H2. The van der Waals surface area contributed by atoms with E-state index in [1.807, 2.05) is 16.9 Å². The number of hydrogen-bond acceptors (Lipinski definition) is 4. The highest BCUT2D eigenvalue weighted by molar-refractivity contribution is 7.89. The van der Waals surface area contributed by atoms with Crippen molar-refractivity contribution in [1.29, 1.82) is 0 Å². The summed E-state index contributed by atoms with van der Waals surface area (Å²) in [5.41, 5.74) is 0.896. The largest absolute Gasteiger partial charge is 0.383 e. The van der Waals surface area contributed by atoms with E-state index in [1.54, 1.807) is 30.5 Å². The predicted octanol–water partition coefficient (Wildman–Crippen LogP) is 1.44. The first-order valence-electron chi connectivity index (χ1n) is 6.97. The lowest BCUT2D eigenvalue weighted by Crippen LogP contribution is -2.25. The van der Waals surface area contributed by atoms with Gasteiger partial charge in [-0.2, -0.15) is 5.10 Å². The number of nitrogens with one attached hydrogen (secondary N) is 2. The van der Waals surface area contributed by atoms with Crippen molar-refractivity contribution in [1.82, 2.24) is 14.5 Å². The summed E-state index contributed by atoms with van der Waals surface area (Å²) < 4.78 is 28.5. The van der Waals surface area contributed by atoms with Crippen molar-refractivity contribution in [2.45, 2.75) is 30.3 Å². The van der Waals surface area contributed by atoms with Crippen LogP contribution in [0.4, 0.5) is 5.69 Å². The van der Waals surface area contributed by atoms with Crippen LogP contribution in [-0.4, -0.2) is 30.8 Å². The minimum absolute atomic E-state index is 0.127. The molecule has 6 nitrogen and oxygen atoms in total. The fourth-order valence-corrected chi connectivity index (χ4v) is 3.29. The minimum Gasteiger partial charge on any atom is -0.383 e. The van der Waals surface area contributed by atoms with E-state index >= 15 is 0 Å². The van der Waals surface area contributed by atoms with Gasteiger partial charge in [0.15, 0.2) is 0 Å². The highest BCUT2D eigenvalue weighted by Crippen LogP contribution is 2.22. The summed E-state index contributed by atoms with van der Waals surface area (Å²) in [7, 11) is -3.36. The number of anilines is 1. The number of rotatable bonds is 7. The molecule has 0 atom stereocenters. The molecule has 1 aliphatic rings. The summed E-state index contributed by atoms with van der Waals surface area (Å²) >= 11 is 0. The van der Waals surface area contributed by atoms with Crippen LogP contribution in [-0.2, 0) is 16.6 Å². The molecule has 1 heterocycles. The molecule has 21 heavy (non-hydrogen) atoms. The molecular weight excluding hydrogens is 288 g/mol. The van der Waals surface area contributed by atoms with Crippen LogP contribution in [0.2, 0.25) is 0 Å². The molecule has 0 amide bonds. The second-order valence-corrected chi connectivity index (χ2v) is 6.83. The van der Waals surface area contributed by atoms with Gasteiger partial charge in [-0.15, -0.1) is 0 Å². The maximum absolute atomic E-state index is 12.0. The number of aromatic nitrogens is 2. The van der Waals surface area contributed by atoms with Crippen molar-refractivity contribution in [2.75, 3.05) is 11.9 Å². The topological polar surface area (TPSA) is 76.0 Å². The smallest absolute Gasteiger partial charge is 0.240 e. The molecule has 1 aliphatic carbocycles. The molecule has 2 aromatic rings. The second-order valence-electron chi connectivity index (χ2n) is 5.12. The van der Waals surface area contributed by atoms with Crippen molar-refractivity contribution in [3.63, 3.8) is 0 Å². The molecule has 1 saturated carbocycles. The molecule has 0 unspecified atom stereocenters. The Morgan fingerprint density at radius 2 is 2.00 bits per heavy atom. The molecule has 3 rings (SSSR count). The molecule has 0 spiro atoms. The van der Waals surface area contributed by atoms with Crippen LogP contribution in [0.1, 0.15) is 12.8 Å². The fourth-order valence-electron chi connectivity index (χ4n) is 1.99. The zero-order chi connectivity index (χ0) is 14.7. The molecule has 7 heteroatoms. The maximum Gasteiger partial charge on any atom is 0.240 e. The van der Waals surface area contributed by atoms with Gasteiger partial charge in [0, 0.05) is 30.7 Å². The van der Waals surface area contributed by atoms with Gasteiger partial charge in [-0.3, -0.25) is 4.68 Å². The summed E-state index contributed by atoms with van der Waals surface area (Å²) in [6.45, 7) is 1.49. The van der Waals surface area contributed by atoms with E-state index in [0.29, 0.717) is 4.90 Å². The number of sulfonamides is 1. The summed E-state index contributed by atoms with van der Waals surface area (Å²) in [5.74, 6) is 0. The Balaban J connectivity index is 1.56. The van der Waals surface area contributed by atoms with Crippen LogP contribution in [0, 0.1) is 0 Å². The number of benzene rings is 1. The zero-order valence-electron chi connectivity index (χ0n) is 11.6. The van der Waals surface area contributed by atoms with Crippen LogP contribution in [0.25, 0.3) is 0 Å². The molecule has 0 bridgehead atoms. The Bertz CT molecular complexity index is 676. The van der Waals surface area contributed by atoms with E-state index in [-0.39, 0.29) is 6.04 Å². The quantitative estimate of drug-likeness (QED) is 0.811. The monoisotopic (exact) mass is 306 g/mol. The highest BCUT2D eigenvalue weighted by Gasteiger charge is 2.27. The van der Waals surface area contributed by atoms with Gasteiger partial charge < -0.3 is 5.32 Å². The number of nitrogens with zero attached hydrogens (tertiary/aromatic N) is 2. The first-order chi connectivity index (χ1) is 10.1. The predicted molar refractivity (Wildman–Crippen MR) is 80.5 cm³/mol. The summed E-state index contributed by atoms with van der Waals surface area (Å²) in [4.78, 5) is 0.312. The second kappa shape index (κ2) is 5.87. The molecule has 0 aliphatic heterocycles. The van der Waals surface area contributed by atoms with E-state index in [9.17, 15) is 8.42 Å². The van der Waals surface area contributed by atoms with Crippen molar-refractivity contribution >= 4 is 15.7 Å². The van der Waals surface area contributed by atoms with Gasteiger partial charge in [-0.25, -0.2) is 13.1 Å². The number of hydrogen-bond donors (Lipinski definition) is 2. The first kappa shape index (κ1) is 14.1. The van der Waals surface area contributed by atoms with E-state index in [1.165, 1.54) is 0 Å². The molecular formula is C14H18N4O2S. The third-order valence-electron chi connectivity index (χ3n) is 3.29. The van der Waals surface area contributed by atoms with Gasteiger partial charge in [-0.1, -0.05) is 0 Å². The van der Waals surface area contributed by atoms with E-state index < -0.39 is 10.0 Å². The van der Waals surface area contributed by atoms with Gasteiger partial charge >= 0.3 is 0 Å². The Labute approximate surface area is 124 Å². The van der Waals surface area contributed by atoms with Crippen molar-refractivity contribution in [2.24, 2.45) is 0 Å². The van der Waals surface area contributed by atoms with Gasteiger partial charge in [-0.05, 0) is 43.2 Å².